The number of carbonyl (C=O) groups excluding carboxylic acids is 2. The van der Waals surface area contributed by atoms with Gasteiger partial charge in [-0.2, -0.15) is 0 Å². The van der Waals surface area contributed by atoms with Crippen LogP contribution < -0.4 is 9.64 Å². The monoisotopic (exact) mass is 587 g/mol. The summed E-state index contributed by atoms with van der Waals surface area (Å²) in [7, 11) is 0. The molecular formula is C38H37NO5. The van der Waals surface area contributed by atoms with Gasteiger partial charge in [0.15, 0.2) is 0 Å². The summed E-state index contributed by atoms with van der Waals surface area (Å²) in [6.45, 7) is 6.03. The van der Waals surface area contributed by atoms with E-state index in [1.165, 1.54) is 18.4 Å². The third-order valence-electron chi connectivity index (χ3n) is 7.25. The Morgan fingerprint density at radius 3 is 2.14 bits per heavy atom. The zero-order valence-corrected chi connectivity index (χ0v) is 25.5. The molecule has 0 bridgehead atoms. The average Bonchev–Trinajstić information content (AvgIpc) is 3.02. The third-order valence-corrected chi connectivity index (χ3v) is 7.25. The van der Waals surface area contributed by atoms with Crippen molar-refractivity contribution in [2.45, 2.75) is 59.0 Å². The molecule has 1 aliphatic heterocycles. The highest BCUT2D eigenvalue weighted by molar-refractivity contribution is 5.98. The second-order valence-corrected chi connectivity index (χ2v) is 11.3. The van der Waals surface area contributed by atoms with Crippen LogP contribution in [0, 0.1) is 11.8 Å². The van der Waals surface area contributed by atoms with E-state index < -0.39 is 11.8 Å². The first-order valence-electron chi connectivity index (χ1n) is 15.0. The second-order valence-electron chi connectivity index (χ2n) is 11.3. The van der Waals surface area contributed by atoms with Gasteiger partial charge in [0, 0.05) is 30.7 Å². The summed E-state index contributed by atoms with van der Waals surface area (Å²) in [6.07, 6.45) is 3.46. The Kier molecular flexibility index (Phi) is 9.79. The smallest absolute Gasteiger partial charge is 0.345 e. The number of rotatable bonds is 10. The number of aryl methyl sites for hydroxylation is 1. The standard InChI is InChI=1S/C38H37NO5/c1-4-5-9-28-12-14-29(15-13-28)16-17-30-18-20-31(21-19-30)25-39(36(40)27-42-26-32-10-7-6-8-11-32)33-22-23-35-34(24-33)37(41)44-38(2,3)43-35/h6-8,10-15,18-24H,4-5,9,25-27H2,1-3H3. The van der Waals surface area contributed by atoms with Crippen molar-refractivity contribution in [1.29, 1.82) is 0 Å². The van der Waals surface area contributed by atoms with Gasteiger partial charge in [0.2, 0.25) is 5.79 Å². The van der Waals surface area contributed by atoms with Crippen LogP contribution in [-0.4, -0.2) is 24.3 Å². The lowest BCUT2D eigenvalue weighted by molar-refractivity contribution is -0.127. The quantitative estimate of drug-likeness (QED) is 0.142. The molecule has 5 rings (SSSR count). The SMILES string of the molecule is CCCCc1ccc(C#Cc2ccc(CN(C(=O)COCc3ccccc3)c3ccc4c(c3)C(=O)OC(C)(C)O4)cc2)cc1. The number of fused-ring (bicyclic) bond motifs is 1. The Morgan fingerprint density at radius 1 is 0.818 bits per heavy atom. The number of hydrogen-bond donors (Lipinski definition) is 0. The van der Waals surface area contributed by atoms with Crippen molar-refractivity contribution in [2.75, 3.05) is 11.5 Å². The van der Waals surface area contributed by atoms with Gasteiger partial charge in [0.25, 0.3) is 5.91 Å². The lowest BCUT2D eigenvalue weighted by Gasteiger charge is -2.32. The van der Waals surface area contributed by atoms with E-state index >= 15 is 0 Å². The predicted molar refractivity (Wildman–Crippen MR) is 171 cm³/mol. The number of ether oxygens (including phenoxy) is 3. The number of amides is 1. The van der Waals surface area contributed by atoms with Crippen molar-refractivity contribution >= 4 is 17.6 Å². The normalized spacial score (nSPS) is 13.1. The van der Waals surface area contributed by atoms with E-state index in [0.717, 1.165) is 28.7 Å². The maximum absolute atomic E-state index is 13.5. The molecule has 224 valence electrons. The summed E-state index contributed by atoms with van der Waals surface area (Å²) in [4.78, 5) is 27.9. The van der Waals surface area contributed by atoms with Gasteiger partial charge in [0.1, 0.15) is 17.9 Å². The third kappa shape index (κ3) is 8.15. The maximum atomic E-state index is 13.5. The van der Waals surface area contributed by atoms with Crippen molar-refractivity contribution in [2.24, 2.45) is 0 Å². The van der Waals surface area contributed by atoms with E-state index in [4.69, 9.17) is 14.2 Å². The molecule has 6 nitrogen and oxygen atoms in total. The van der Waals surface area contributed by atoms with Gasteiger partial charge in [-0.25, -0.2) is 4.79 Å². The molecule has 4 aromatic rings. The first-order chi connectivity index (χ1) is 21.3. The summed E-state index contributed by atoms with van der Waals surface area (Å²) in [5, 5.41) is 0. The molecule has 0 fully saturated rings. The fourth-order valence-electron chi connectivity index (χ4n) is 4.89. The number of anilines is 1. The van der Waals surface area contributed by atoms with Crippen molar-refractivity contribution in [3.05, 3.63) is 130 Å². The van der Waals surface area contributed by atoms with Gasteiger partial charge in [-0.1, -0.05) is 79.8 Å². The van der Waals surface area contributed by atoms with Crippen molar-refractivity contribution in [1.82, 2.24) is 0 Å². The molecule has 0 atom stereocenters. The molecule has 0 aromatic heterocycles. The number of benzene rings is 4. The summed E-state index contributed by atoms with van der Waals surface area (Å²) in [5.74, 6) is 5.09. The van der Waals surface area contributed by atoms with Gasteiger partial charge in [-0.15, -0.1) is 0 Å². The van der Waals surface area contributed by atoms with Crippen LogP contribution in [0.15, 0.2) is 97.1 Å². The second kappa shape index (κ2) is 14.1. The average molecular weight is 588 g/mol. The predicted octanol–water partition coefficient (Wildman–Crippen LogP) is 7.46. The van der Waals surface area contributed by atoms with Gasteiger partial charge in [0.05, 0.1) is 13.2 Å². The van der Waals surface area contributed by atoms with E-state index in [2.05, 4.69) is 43.0 Å². The largest absolute Gasteiger partial charge is 0.452 e. The lowest BCUT2D eigenvalue weighted by Crippen LogP contribution is -2.39. The Balaban J connectivity index is 1.32. The zero-order valence-electron chi connectivity index (χ0n) is 25.5. The molecule has 0 aliphatic carbocycles. The number of carbonyl (C=O) groups is 2. The summed E-state index contributed by atoms with van der Waals surface area (Å²) < 4.78 is 17.0. The van der Waals surface area contributed by atoms with Crippen molar-refractivity contribution in [3.8, 4) is 17.6 Å². The first kappa shape index (κ1) is 30.6. The van der Waals surface area contributed by atoms with Gasteiger partial charge < -0.3 is 19.1 Å². The maximum Gasteiger partial charge on any atom is 0.345 e. The molecule has 0 radical (unpaired) electrons. The Hall–Kier alpha value is -4.86. The van der Waals surface area contributed by atoms with E-state index in [1.54, 1.807) is 36.9 Å². The van der Waals surface area contributed by atoms with Crippen LogP contribution in [0.3, 0.4) is 0 Å². The van der Waals surface area contributed by atoms with Crippen LogP contribution in [0.4, 0.5) is 5.69 Å². The topological polar surface area (TPSA) is 65.1 Å². The molecule has 4 aromatic carbocycles. The minimum Gasteiger partial charge on any atom is -0.452 e. The molecule has 6 heteroatoms. The lowest BCUT2D eigenvalue weighted by atomic mass is 10.1. The molecule has 44 heavy (non-hydrogen) atoms. The van der Waals surface area contributed by atoms with E-state index in [0.29, 0.717) is 18.0 Å². The molecule has 0 saturated heterocycles. The summed E-state index contributed by atoms with van der Waals surface area (Å²) >= 11 is 0. The number of hydrogen-bond acceptors (Lipinski definition) is 5. The Labute approximate surface area is 259 Å². The van der Waals surface area contributed by atoms with Crippen LogP contribution in [0.5, 0.6) is 5.75 Å². The zero-order chi connectivity index (χ0) is 30.9. The van der Waals surface area contributed by atoms with E-state index in [9.17, 15) is 9.59 Å². The molecule has 0 N–H and O–H groups in total. The molecule has 0 saturated carbocycles. The Morgan fingerprint density at radius 2 is 1.48 bits per heavy atom. The number of cyclic esters (lactones) is 1. The fourth-order valence-corrected chi connectivity index (χ4v) is 4.89. The van der Waals surface area contributed by atoms with Crippen LogP contribution in [0.25, 0.3) is 0 Å². The van der Waals surface area contributed by atoms with E-state index in [-0.39, 0.29) is 24.6 Å². The van der Waals surface area contributed by atoms with Gasteiger partial charge in [-0.05, 0) is 72.0 Å². The number of nitrogens with zero attached hydrogens (tertiary/aromatic N) is 1. The van der Waals surface area contributed by atoms with Crippen LogP contribution >= 0.6 is 0 Å². The van der Waals surface area contributed by atoms with Gasteiger partial charge >= 0.3 is 5.97 Å². The molecule has 1 heterocycles. The van der Waals surface area contributed by atoms with Crippen LogP contribution in [-0.2, 0) is 33.8 Å². The number of unbranched alkanes of at least 4 members (excludes halogenated alkanes) is 1. The highest BCUT2D eigenvalue weighted by Crippen LogP contribution is 2.34. The fraction of sp³-hybridized carbons (Fsp3) is 0.263. The molecular weight excluding hydrogens is 550 g/mol. The van der Waals surface area contributed by atoms with Crippen LogP contribution in [0.2, 0.25) is 0 Å². The van der Waals surface area contributed by atoms with Gasteiger partial charge in [-0.3, -0.25) is 4.79 Å². The molecule has 0 spiro atoms. The Bertz CT molecular complexity index is 1650. The van der Waals surface area contributed by atoms with E-state index in [1.807, 2.05) is 54.6 Å². The molecule has 0 unspecified atom stereocenters. The molecule has 1 amide bonds. The van der Waals surface area contributed by atoms with Crippen LogP contribution in [0.1, 0.15) is 71.8 Å². The minimum atomic E-state index is -1.06. The summed E-state index contributed by atoms with van der Waals surface area (Å²) in [6, 6.07) is 31.0. The highest BCUT2D eigenvalue weighted by Gasteiger charge is 2.34. The van der Waals surface area contributed by atoms with Crippen molar-refractivity contribution < 1.29 is 23.8 Å². The minimum absolute atomic E-state index is 0.124. The summed E-state index contributed by atoms with van der Waals surface area (Å²) in [5.41, 5.74) is 5.89. The first-order valence-corrected chi connectivity index (χ1v) is 15.0. The van der Waals surface area contributed by atoms with Crippen molar-refractivity contribution in [3.63, 3.8) is 0 Å². The highest BCUT2D eigenvalue weighted by atomic mass is 16.7. The molecule has 1 aliphatic rings. The number of esters is 1.